The van der Waals surface area contributed by atoms with Gasteiger partial charge in [0, 0.05) is 19.1 Å². The Morgan fingerprint density at radius 1 is 1.38 bits per heavy atom. The van der Waals surface area contributed by atoms with Gasteiger partial charge in [-0.2, -0.15) is 0 Å². The first-order chi connectivity index (χ1) is 7.77. The van der Waals surface area contributed by atoms with Crippen LogP contribution in [0, 0.1) is 0 Å². The number of amides is 1. The van der Waals surface area contributed by atoms with E-state index in [1.807, 2.05) is 11.8 Å². The fourth-order valence-corrected chi connectivity index (χ4v) is 2.24. The van der Waals surface area contributed by atoms with E-state index in [1.54, 1.807) is 0 Å². The second-order valence-electron chi connectivity index (χ2n) is 4.47. The monoisotopic (exact) mass is 224 g/mol. The molecule has 2 aliphatic rings. The van der Waals surface area contributed by atoms with Crippen molar-refractivity contribution in [3.63, 3.8) is 0 Å². The Balaban J connectivity index is 1.78. The van der Waals surface area contributed by atoms with E-state index in [0.29, 0.717) is 19.3 Å². The molecular weight excluding hydrogens is 204 g/mol. The van der Waals surface area contributed by atoms with Gasteiger partial charge in [0.2, 0.25) is 5.91 Å². The van der Waals surface area contributed by atoms with Crippen molar-refractivity contribution in [3.8, 4) is 0 Å². The Morgan fingerprint density at radius 2 is 2.00 bits per heavy atom. The SMILES string of the molecule is CC(NC1CC=CC1)C(=O)N1CCOCC1. The van der Waals surface area contributed by atoms with Gasteiger partial charge < -0.3 is 15.0 Å². The van der Waals surface area contributed by atoms with Crippen LogP contribution >= 0.6 is 0 Å². The minimum Gasteiger partial charge on any atom is -0.378 e. The number of nitrogens with zero attached hydrogens (tertiary/aromatic N) is 1. The summed E-state index contributed by atoms with van der Waals surface area (Å²) in [6.45, 7) is 4.75. The average Bonchev–Trinajstić information content (AvgIpc) is 2.82. The Labute approximate surface area is 96.6 Å². The lowest BCUT2D eigenvalue weighted by Crippen LogP contribution is -2.51. The molecule has 1 aliphatic carbocycles. The minimum atomic E-state index is -0.0806. The van der Waals surface area contributed by atoms with Crippen molar-refractivity contribution in [2.45, 2.75) is 31.8 Å². The second kappa shape index (κ2) is 5.46. The van der Waals surface area contributed by atoms with E-state index >= 15 is 0 Å². The third-order valence-electron chi connectivity index (χ3n) is 3.19. The predicted molar refractivity (Wildman–Crippen MR) is 62.2 cm³/mol. The molecule has 0 aromatic rings. The highest BCUT2D eigenvalue weighted by Gasteiger charge is 2.24. The van der Waals surface area contributed by atoms with Gasteiger partial charge in [-0.1, -0.05) is 12.2 Å². The van der Waals surface area contributed by atoms with Gasteiger partial charge in [-0.3, -0.25) is 4.79 Å². The summed E-state index contributed by atoms with van der Waals surface area (Å²) in [5.41, 5.74) is 0. The van der Waals surface area contributed by atoms with Gasteiger partial charge in [0.05, 0.1) is 19.3 Å². The van der Waals surface area contributed by atoms with E-state index in [-0.39, 0.29) is 11.9 Å². The molecule has 0 spiro atoms. The van der Waals surface area contributed by atoms with Gasteiger partial charge in [0.25, 0.3) is 0 Å². The van der Waals surface area contributed by atoms with Crippen LogP contribution in [0.5, 0.6) is 0 Å². The molecule has 0 aromatic carbocycles. The highest BCUT2D eigenvalue weighted by Crippen LogP contribution is 2.11. The van der Waals surface area contributed by atoms with Crippen molar-refractivity contribution in [1.82, 2.24) is 10.2 Å². The summed E-state index contributed by atoms with van der Waals surface area (Å²) in [6, 6.07) is 0.364. The van der Waals surface area contributed by atoms with Crippen LogP contribution in [0.4, 0.5) is 0 Å². The molecule has 1 saturated heterocycles. The first-order valence-corrected chi connectivity index (χ1v) is 6.05. The third-order valence-corrected chi connectivity index (χ3v) is 3.19. The number of carbonyl (C=O) groups is 1. The highest BCUT2D eigenvalue weighted by atomic mass is 16.5. The molecule has 4 nitrogen and oxygen atoms in total. The van der Waals surface area contributed by atoms with E-state index in [4.69, 9.17) is 4.74 Å². The third kappa shape index (κ3) is 2.83. The number of hydrogen-bond donors (Lipinski definition) is 1. The lowest BCUT2D eigenvalue weighted by atomic mass is 10.2. The molecule has 1 aliphatic heterocycles. The molecule has 1 unspecified atom stereocenters. The molecule has 1 amide bonds. The molecule has 1 N–H and O–H groups in total. The summed E-state index contributed by atoms with van der Waals surface area (Å²) in [6.07, 6.45) is 6.43. The van der Waals surface area contributed by atoms with E-state index in [2.05, 4.69) is 17.5 Å². The van der Waals surface area contributed by atoms with E-state index < -0.39 is 0 Å². The molecule has 0 radical (unpaired) electrons. The van der Waals surface area contributed by atoms with Crippen molar-refractivity contribution in [3.05, 3.63) is 12.2 Å². The molecular formula is C12H20N2O2. The van der Waals surface area contributed by atoms with E-state index in [9.17, 15) is 4.79 Å². The molecule has 0 aromatic heterocycles. The number of rotatable bonds is 3. The van der Waals surface area contributed by atoms with Gasteiger partial charge in [-0.15, -0.1) is 0 Å². The van der Waals surface area contributed by atoms with Crippen LogP contribution in [0.2, 0.25) is 0 Å². The lowest BCUT2D eigenvalue weighted by Gasteiger charge is -2.30. The van der Waals surface area contributed by atoms with Crippen molar-refractivity contribution in [1.29, 1.82) is 0 Å². The summed E-state index contributed by atoms with van der Waals surface area (Å²) in [7, 11) is 0. The molecule has 16 heavy (non-hydrogen) atoms. The van der Waals surface area contributed by atoms with Crippen LogP contribution in [0.25, 0.3) is 0 Å². The zero-order valence-corrected chi connectivity index (χ0v) is 9.82. The summed E-state index contributed by atoms with van der Waals surface area (Å²) < 4.78 is 5.24. The quantitative estimate of drug-likeness (QED) is 0.712. The molecule has 0 bridgehead atoms. The lowest BCUT2D eigenvalue weighted by molar-refractivity contribution is -0.137. The van der Waals surface area contributed by atoms with Gasteiger partial charge in [0.1, 0.15) is 0 Å². The van der Waals surface area contributed by atoms with Crippen LogP contribution in [-0.4, -0.2) is 49.2 Å². The van der Waals surface area contributed by atoms with Crippen LogP contribution in [0.3, 0.4) is 0 Å². The molecule has 1 atom stereocenters. The molecule has 2 rings (SSSR count). The summed E-state index contributed by atoms with van der Waals surface area (Å²) in [5.74, 6) is 0.204. The summed E-state index contributed by atoms with van der Waals surface area (Å²) in [5, 5.41) is 3.38. The maximum atomic E-state index is 12.1. The standard InChI is InChI=1S/C12H20N2O2/c1-10(13-11-4-2-3-5-11)12(15)14-6-8-16-9-7-14/h2-3,10-11,13H,4-9H2,1H3. The molecule has 4 heteroatoms. The minimum absolute atomic E-state index is 0.0806. The number of carbonyl (C=O) groups excluding carboxylic acids is 1. The first kappa shape index (κ1) is 11.6. The second-order valence-corrected chi connectivity index (χ2v) is 4.47. The van der Waals surface area contributed by atoms with Crippen molar-refractivity contribution in [2.24, 2.45) is 0 Å². The van der Waals surface area contributed by atoms with Crippen molar-refractivity contribution >= 4 is 5.91 Å². The predicted octanol–water partition coefficient (Wildman–Crippen LogP) is 0.542. The Hall–Kier alpha value is -0.870. The Kier molecular flexibility index (Phi) is 3.96. The maximum Gasteiger partial charge on any atom is 0.239 e. The van der Waals surface area contributed by atoms with Crippen LogP contribution in [0.15, 0.2) is 12.2 Å². The first-order valence-electron chi connectivity index (χ1n) is 6.05. The Morgan fingerprint density at radius 3 is 2.62 bits per heavy atom. The van der Waals surface area contributed by atoms with E-state index in [0.717, 1.165) is 25.9 Å². The summed E-state index contributed by atoms with van der Waals surface area (Å²) in [4.78, 5) is 14.0. The average molecular weight is 224 g/mol. The normalized spacial score (nSPS) is 23.7. The Bertz CT molecular complexity index is 264. The van der Waals surface area contributed by atoms with Crippen LogP contribution < -0.4 is 5.32 Å². The van der Waals surface area contributed by atoms with Crippen molar-refractivity contribution < 1.29 is 9.53 Å². The van der Waals surface area contributed by atoms with Crippen LogP contribution in [-0.2, 0) is 9.53 Å². The maximum absolute atomic E-state index is 12.1. The number of hydrogen-bond acceptors (Lipinski definition) is 3. The molecule has 90 valence electrons. The van der Waals surface area contributed by atoms with Crippen LogP contribution in [0.1, 0.15) is 19.8 Å². The largest absolute Gasteiger partial charge is 0.378 e. The van der Waals surface area contributed by atoms with Gasteiger partial charge in [0.15, 0.2) is 0 Å². The molecule has 1 heterocycles. The number of ether oxygens (including phenoxy) is 1. The zero-order chi connectivity index (χ0) is 11.4. The van der Waals surface area contributed by atoms with E-state index in [1.165, 1.54) is 0 Å². The molecule has 0 saturated carbocycles. The number of morpholine rings is 1. The van der Waals surface area contributed by atoms with Gasteiger partial charge in [-0.05, 0) is 19.8 Å². The van der Waals surface area contributed by atoms with Crippen molar-refractivity contribution in [2.75, 3.05) is 26.3 Å². The zero-order valence-electron chi connectivity index (χ0n) is 9.82. The molecule has 1 fully saturated rings. The smallest absolute Gasteiger partial charge is 0.239 e. The topological polar surface area (TPSA) is 41.6 Å². The number of nitrogens with one attached hydrogen (secondary N) is 1. The van der Waals surface area contributed by atoms with Gasteiger partial charge in [-0.25, -0.2) is 0 Å². The fourth-order valence-electron chi connectivity index (χ4n) is 2.24. The van der Waals surface area contributed by atoms with Gasteiger partial charge >= 0.3 is 0 Å². The highest BCUT2D eigenvalue weighted by molar-refractivity contribution is 5.81. The summed E-state index contributed by atoms with van der Waals surface area (Å²) >= 11 is 0. The fraction of sp³-hybridized carbons (Fsp3) is 0.750.